The van der Waals surface area contributed by atoms with Crippen LogP contribution in [0.5, 0.6) is 0 Å². The van der Waals surface area contributed by atoms with Gasteiger partial charge in [-0.3, -0.25) is 5.10 Å². The Labute approximate surface area is 111 Å². The lowest BCUT2D eigenvalue weighted by molar-refractivity contribution is 1.10. The molecule has 0 spiro atoms. The molecule has 0 unspecified atom stereocenters. The molecule has 4 heteroatoms. The molecule has 0 saturated carbocycles. The molecule has 1 aromatic heterocycles. The molecule has 3 rings (SSSR count). The van der Waals surface area contributed by atoms with E-state index in [1.807, 2.05) is 48.5 Å². The first-order valence-electron chi connectivity index (χ1n) is 6.00. The smallest absolute Gasteiger partial charge is 0.0749 e. The Balaban J connectivity index is 2.13. The highest BCUT2D eigenvalue weighted by Crippen LogP contribution is 2.33. The number of para-hydroxylation sites is 1. The molecule has 0 saturated heterocycles. The summed E-state index contributed by atoms with van der Waals surface area (Å²) in [6, 6.07) is 15.4. The van der Waals surface area contributed by atoms with Gasteiger partial charge < -0.3 is 11.5 Å². The molecular formula is C15H14N4. The van der Waals surface area contributed by atoms with Crippen molar-refractivity contribution in [3.05, 3.63) is 54.7 Å². The molecule has 0 aliphatic heterocycles. The number of nitrogens with one attached hydrogen (secondary N) is 1. The first-order chi connectivity index (χ1) is 9.25. The van der Waals surface area contributed by atoms with Gasteiger partial charge in [-0.1, -0.05) is 30.3 Å². The lowest BCUT2D eigenvalue weighted by Crippen LogP contribution is -1.91. The summed E-state index contributed by atoms with van der Waals surface area (Å²) in [6.45, 7) is 0. The van der Waals surface area contributed by atoms with Gasteiger partial charge in [0.15, 0.2) is 0 Å². The van der Waals surface area contributed by atoms with Crippen molar-refractivity contribution >= 4 is 11.4 Å². The van der Waals surface area contributed by atoms with E-state index in [2.05, 4.69) is 10.2 Å². The van der Waals surface area contributed by atoms with Crippen LogP contribution in [0.25, 0.3) is 22.4 Å². The fourth-order valence-corrected chi connectivity index (χ4v) is 2.10. The normalized spacial score (nSPS) is 10.5. The van der Waals surface area contributed by atoms with Crippen LogP contribution >= 0.6 is 0 Å². The lowest BCUT2D eigenvalue weighted by Gasteiger charge is -2.06. The van der Waals surface area contributed by atoms with E-state index >= 15 is 0 Å². The van der Waals surface area contributed by atoms with Crippen LogP contribution in [0, 0.1) is 0 Å². The van der Waals surface area contributed by atoms with Gasteiger partial charge in [0.25, 0.3) is 0 Å². The summed E-state index contributed by atoms with van der Waals surface area (Å²) in [5, 5.41) is 7.14. The predicted octanol–water partition coefficient (Wildman–Crippen LogP) is 2.91. The molecule has 0 bridgehead atoms. The Bertz CT molecular complexity index is 698. The summed E-state index contributed by atoms with van der Waals surface area (Å²) in [4.78, 5) is 0. The van der Waals surface area contributed by atoms with Gasteiger partial charge >= 0.3 is 0 Å². The first kappa shape index (κ1) is 11.3. The molecule has 0 fully saturated rings. The number of nitrogens with zero attached hydrogens (tertiary/aromatic N) is 1. The van der Waals surface area contributed by atoms with Gasteiger partial charge in [0.05, 0.1) is 11.9 Å². The average Bonchev–Trinajstić information content (AvgIpc) is 2.89. The quantitative estimate of drug-likeness (QED) is 0.612. The Morgan fingerprint density at radius 1 is 0.842 bits per heavy atom. The van der Waals surface area contributed by atoms with Crippen LogP contribution in [0.15, 0.2) is 54.7 Å². The van der Waals surface area contributed by atoms with Crippen LogP contribution in [0.2, 0.25) is 0 Å². The zero-order valence-corrected chi connectivity index (χ0v) is 10.3. The fourth-order valence-electron chi connectivity index (χ4n) is 2.10. The van der Waals surface area contributed by atoms with Gasteiger partial charge in [-0.25, -0.2) is 0 Å². The Kier molecular flexibility index (Phi) is 2.68. The van der Waals surface area contributed by atoms with Gasteiger partial charge in [0, 0.05) is 22.5 Å². The zero-order chi connectivity index (χ0) is 13.2. The third-order valence-electron chi connectivity index (χ3n) is 3.09. The average molecular weight is 250 g/mol. The number of benzene rings is 2. The molecular weight excluding hydrogens is 236 g/mol. The van der Waals surface area contributed by atoms with E-state index in [9.17, 15) is 0 Å². The molecule has 1 heterocycles. The van der Waals surface area contributed by atoms with Crippen LogP contribution in [-0.2, 0) is 0 Å². The van der Waals surface area contributed by atoms with Gasteiger partial charge in [0.2, 0.25) is 0 Å². The second kappa shape index (κ2) is 4.49. The summed E-state index contributed by atoms with van der Waals surface area (Å²) in [7, 11) is 0. The van der Waals surface area contributed by atoms with Crippen molar-refractivity contribution in [1.82, 2.24) is 10.2 Å². The van der Waals surface area contributed by atoms with Crippen molar-refractivity contribution in [1.29, 1.82) is 0 Å². The second-order valence-corrected chi connectivity index (χ2v) is 4.37. The van der Waals surface area contributed by atoms with Crippen LogP contribution < -0.4 is 11.5 Å². The van der Waals surface area contributed by atoms with E-state index in [0.29, 0.717) is 0 Å². The summed E-state index contributed by atoms with van der Waals surface area (Å²) in [5.41, 5.74) is 17.1. The Morgan fingerprint density at radius 2 is 1.58 bits per heavy atom. The maximum absolute atomic E-state index is 6.02. The van der Waals surface area contributed by atoms with Gasteiger partial charge in [-0.2, -0.15) is 5.10 Å². The second-order valence-electron chi connectivity index (χ2n) is 4.37. The van der Waals surface area contributed by atoms with Crippen molar-refractivity contribution in [2.45, 2.75) is 0 Å². The van der Waals surface area contributed by atoms with Crippen molar-refractivity contribution in [2.75, 3.05) is 11.5 Å². The van der Waals surface area contributed by atoms with Gasteiger partial charge in [0.1, 0.15) is 0 Å². The molecule has 0 aliphatic carbocycles. The van der Waals surface area contributed by atoms with E-state index < -0.39 is 0 Å². The molecule has 5 N–H and O–H groups in total. The predicted molar refractivity (Wildman–Crippen MR) is 78.3 cm³/mol. The zero-order valence-electron chi connectivity index (χ0n) is 10.3. The highest BCUT2D eigenvalue weighted by atomic mass is 15.1. The van der Waals surface area contributed by atoms with Crippen molar-refractivity contribution < 1.29 is 0 Å². The lowest BCUT2D eigenvalue weighted by atomic mass is 10.0. The SMILES string of the molecule is Nc1ccc(-c2cn[nH]c2-c2ccccc2N)cc1. The topological polar surface area (TPSA) is 80.7 Å². The molecule has 94 valence electrons. The summed E-state index contributed by atoms with van der Waals surface area (Å²) in [6.07, 6.45) is 1.80. The molecule has 0 amide bonds. The highest BCUT2D eigenvalue weighted by molar-refractivity contribution is 5.85. The number of aromatic nitrogens is 2. The number of nitrogens with two attached hydrogens (primary N) is 2. The van der Waals surface area contributed by atoms with Crippen LogP contribution in [0.1, 0.15) is 0 Å². The largest absolute Gasteiger partial charge is 0.399 e. The van der Waals surface area contributed by atoms with Crippen LogP contribution in [0.4, 0.5) is 11.4 Å². The van der Waals surface area contributed by atoms with E-state index in [0.717, 1.165) is 33.8 Å². The van der Waals surface area contributed by atoms with Crippen molar-refractivity contribution in [3.63, 3.8) is 0 Å². The minimum absolute atomic E-state index is 0.725. The maximum atomic E-state index is 6.02. The maximum Gasteiger partial charge on any atom is 0.0749 e. The first-order valence-corrected chi connectivity index (χ1v) is 6.00. The third-order valence-corrected chi connectivity index (χ3v) is 3.09. The van der Waals surface area contributed by atoms with Gasteiger partial charge in [-0.05, 0) is 23.8 Å². The van der Waals surface area contributed by atoms with E-state index in [1.165, 1.54) is 0 Å². The molecule has 0 atom stereocenters. The van der Waals surface area contributed by atoms with Crippen LogP contribution in [-0.4, -0.2) is 10.2 Å². The number of aromatic amines is 1. The minimum Gasteiger partial charge on any atom is -0.399 e. The number of hydrogen-bond donors (Lipinski definition) is 3. The number of rotatable bonds is 2. The number of H-pyrrole nitrogens is 1. The van der Waals surface area contributed by atoms with Crippen molar-refractivity contribution in [3.8, 4) is 22.4 Å². The molecule has 0 aliphatic rings. The Hall–Kier alpha value is -2.75. The monoisotopic (exact) mass is 250 g/mol. The van der Waals surface area contributed by atoms with E-state index in [-0.39, 0.29) is 0 Å². The van der Waals surface area contributed by atoms with E-state index in [1.54, 1.807) is 6.20 Å². The van der Waals surface area contributed by atoms with E-state index in [4.69, 9.17) is 11.5 Å². The van der Waals surface area contributed by atoms with Crippen LogP contribution in [0.3, 0.4) is 0 Å². The number of nitrogen functional groups attached to an aromatic ring is 2. The summed E-state index contributed by atoms with van der Waals surface area (Å²) >= 11 is 0. The standard InChI is InChI=1S/C15H14N4/c16-11-7-5-10(6-8-11)13-9-18-19-15(13)12-3-1-2-4-14(12)17/h1-9H,16-17H2,(H,18,19). The van der Waals surface area contributed by atoms with Crippen molar-refractivity contribution in [2.24, 2.45) is 0 Å². The fraction of sp³-hybridized carbons (Fsp3) is 0. The molecule has 19 heavy (non-hydrogen) atoms. The van der Waals surface area contributed by atoms with Gasteiger partial charge in [-0.15, -0.1) is 0 Å². The Morgan fingerprint density at radius 3 is 2.32 bits per heavy atom. The third kappa shape index (κ3) is 2.04. The number of anilines is 2. The molecule has 0 radical (unpaired) electrons. The molecule has 4 nitrogen and oxygen atoms in total. The number of hydrogen-bond acceptors (Lipinski definition) is 3. The highest BCUT2D eigenvalue weighted by Gasteiger charge is 2.11. The summed E-state index contributed by atoms with van der Waals surface area (Å²) in [5.74, 6) is 0. The molecule has 2 aromatic carbocycles. The summed E-state index contributed by atoms with van der Waals surface area (Å²) < 4.78 is 0. The molecule has 3 aromatic rings. The minimum atomic E-state index is 0.725.